The van der Waals surface area contributed by atoms with Crippen molar-refractivity contribution in [2.45, 2.75) is 127 Å². The zero-order valence-electron chi connectivity index (χ0n) is 20.6. The van der Waals surface area contributed by atoms with Gasteiger partial charge in [-0.1, -0.05) is 51.0 Å². The third-order valence-electron chi connectivity index (χ3n) is 7.39. The number of ether oxygens (including phenoxy) is 2. The minimum Gasteiger partial charge on any atom is -0.460 e. The minimum absolute atomic E-state index is 0.169. The van der Waals surface area contributed by atoms with Gasteiger partial charge < -0.3 is 9.47 Å². The van der Waals surface area contributed by atoms with Crippen LogP contribution in [0.3, 0.4) is 0 Å². The molecule has 2 fully saturated rings. The van der Waals surface area contributed by atoms with E-state index < -0.39 is 24.3 Å². The molecule has 0 amide bonds. The van der Waals surface area contributed by atoms with Crippen LogP contribution < -0.4 is 0 Å². The first-order valence-electron chi connectivity index (χ1n) is 13.2. The van der Waals surface area contributed by atoms with Crippen LogP contribution in [0.1, 0.15) is 114 Å². The molecule has 0 saturated heterocycles. The van der Waals surface area contributed by atoms with Crippen molar-refractivity contribution in [1.82, 2.24) is 0 Å². The maximum absolute atomic E-state index is 13.7. The van der Waals surface area contributed by atoms with Gasteiger partial charge in [0, 0.05) is 0 Å². The third kappa shape index (κ3) is 7.51. The number of hydrogen-bond acceptors (Lipinski definition) is 4. The first-order chi connectivity index (χ1) is 16.4. The molecular formula is C28H40F2O4. The summed E-state index contributed by atoms with van der Waals surface area (Å²) in [5, 5.41) is 0. The van der Waals surface area contributed by atoms with E-state index in [9.17, 15) is 18.4 Å². The number of benzene rings is 1. The van der Waals surface area contributed by atoms with Crippen LogP contribution in [0.5, 0.6) is 0 Å². The predicted octanol–water partition coefficient (Wildman–Crippen LogP) is 7.10. The predicted molar refractivity (Wildman–Crippen MR) is 128 cm³/mol. The fraction of sp³-hybridized carbons (Fsp3) is 0.714. The number of rotatable bonds is 10. The number of halogens is 2. The largest absolute Gasteiger partial charge is 0.460 e. The van der Waals surface area contributed by atoms with Gasteiger partial charge in [0.1, 0.15) is 12.2 Å². The molecule has 0 aliphatic heterocycles. The van der Waals surface area contributed by atoms with E-state index in [0.29, 0.717) is 24.7 Å². The molecule has 0 heterocycles. The molecule has 190 valence electrons. The molecule has 0 spiro atoms. The molecule has 2 saturated carbocycles. The molecule has 0 N–H and O–H groups in total. The summed E-state index contributed by atoms with van der Waals surface area (Å²) in [5.41, 5.74) is 2.60. The Morgan fingerprint density at radius 3 is 1.32 bits per heavy atom. The van der Waals surface area contributed by atoms with Gasteiger partial charge in [-0.2, -0.15) is 0 Å². The lowest BCUT2D eigenvalue weighted by Crippen LogP contribution is -2.28. The fourth-order valence-electron chi connectivity index (χ4n) is 5.29. The molecule has 1 aromatic carbocycles. The Morgan fingerprint density at radius 2 is 1.03 bits per heavy atom. The van der Waals surface area contributed by atoms with Crippen molar-refractivity contribution in [3.8, 4) is 0 Å². The summed E-state index contributed by atoms with van der Waals surface area (Å²) in [4.78, 5) is 23.7. The number of esters is 2. The van der Waals surface area contributed by atoms with E-state index in [1.807, 2.05) is 13.8 Å². The summed E-state index contributed by atoms with van der Waals surface area (Å²) < 4.78 is 38.2. The van der Waals surface area contributed by atoms with Gasteiger partial charge in [-0.25, -0.2) is 18.4 Å². The molecule has 34 heavy (non-hydrogen) atoms. The maximum Gasteiger partial charge on any atom is 0.340 e. The van der Waals surface area contributed by atoms with Crippen LogP contribution in [0.25, 0.3) is 0 Å². The number of alkyl halides is 2. The number of hydrogen-bond donors (Lipinski definition) is 0. The van der Waals surface area contributed by atoms with E-state index in [4.69, 9.17) is 9.47 Å². The molecule has 6 heteroatoms. The van der Waals surface area contributed by atoms with Crippen LogP contribution in [0.4, 0.5) is 8.78 Å². The Balaban J connectivity index is 1.42. The molecule has 0 radical (unpaired) electrons. The van der Waals surface area contributed by atoms with Gasteiger partial charge in [-0.05, 0) is 87.2 Å². The summed E-state index contributed by atoms with van der Waals surface area (Å²) in [5.74, 6) is -0.533. The lowest BCUT2D eigenvalue weighted by Gasteiger charge is -2.30. The molecule has 4 nitrogen and oxygen atoms in total. The first kappa shape index (κ1) is 26.6. The van der Waals surface area contributed by atoms with Gasteiger partial charge in [-0.3, -0.25) is 0 Å². The molecule has 3 rings (SSSR count). The second-order valence-corrected chi connectivity index (χ2v) is 10.0. The molecular weight excluding hydrogens is 438 g/mol. The lowest BCUT2D eigenvalue weighted by atomic mass is 9.80. The van der Waals surface area contributed by atoms with Crippen LogP contribution in [0.2, 0.25) is 0 Å². The van der Waals surface area contributed by atoms with Crippen molar-refractivity contribution in [3.63, 3.8) is 0 Å². The Bertz CT molecular complexity index is 700. The van der Waals surface area contributed by atoms with Crippen LogP contribution in [-0.4, -0.2) is 36.5 Å². The van der Waals surface area contributed by atoms with Gasteiger partial charge in [0.05, 0.1) is 0 Å². The van der Waals surface area contributed by atoms with Gasteiger partial charge in [0.2, 0.25) is 0 Å². The van der Waals surface area contributed by atoms with Crippen LogP contribution >= 0.6 is 0 Å². The van der Waals surface area contributed by atoms with Gasteiger partial charge in [-0.15, -0.1) is 0 Å². The zero-order chi connectivity index (χ0) is 24.5. The summed E-state index contributed by atoms with van der Waals surface area (Å²) in [6.45, 7) is 3.71. The van der Waals surface area contributed by atoms with Gasteiger partial charge in [0.25, 0.3) is 0 Å². The molecule has 0 bridgehead atoms. The third-order valence-corrected chi connectivity index (χ3v) is 7.39. The molecule has 2 aliphatic rings. The zero-order valence-corrected chi connectivity index (χ0v) is 20.6. The van der Waals surface area contributed by atoms with Crippen molar-refractivity contribution in [2.24, 2.45) is 0 Å². The van der Waals surface area contributed by atoms with Gasteiger partial charge in [0.15, 0.2) is 12.3 Å². The average molecular weight is 479 g/mol. The lowest BCUT2D eigenvalue weighted by molar-refractivity contribution is -0.157. The van der Waals surface area contributed by atoms with E-state index >= 15 is 0 Å². The summed E-state index contributed by atoms with van der Waals surface area (Å²) in [6, 6.07) is 8.82. The first-order valence-corrected chi connectivity index (χ1v) is 13.2. The normalized spacial score (nSPS) is 26.9. The Labute approximate surface area is 202 Å². The van der Waals surface area contributed by atoms with E-state index in [1.54, 1.807) is 0 Å². The molecule has 2 unspecified atom stereocenters. The molecule has 2 atom stereocenters. The Morgan fingerprint density at radius 1 is 0.706 bits per heavy atom. The molecule has 0 aromatic heterocycles. The fourth-order valence-corrected chi connectivity index (χ4v) is 5.29. The van der Waals surface area contributed by atoms with E-state index in [0.717, 1.165) is 51.4 Å². The second-order valence-electron chi connectivity index (χ2n) is 10.0. The van der Waals surface area contributed by atoms with E-state index in [1.165, 1.54) is 11.1 Å². The van der Waals surface area contributed by atoms with Crippen LogP contribution in [0, 0.1) is 0 Å². The monoisotopic (exact) mass is 478 g/mol. The van der Waals surface area contributed by atoms with Gasteiger partial charge >= 0.3 is 11.9 Å². The Hall–Kier alpha value is -1.98. The highest BCUT2D eigenvalue weighted by molar-refractivity contribution is 5.75. The van der Waals surface area contributed by atoms with Crippen LogP contribution in [0.15, 0.2) is 24.3 Å². The quantitative estimate of drug-likeness (QED) is 0.337. The molecule has 1 aromatic rings. The highest BCUT2D eigenvalue weighted by atomic mass is 19.1. The summed E-state index contributed by atoms with van der Waals surface area (Å²) in [7, 11) is 0. The maximum atomic E-state index is 13.7. The topological polar surface area (TPSA) is 52.6 Å². The standard InChI is InChI=1S/C28H40F2O4/c1-3-5-25(29)27(31)33-23-15-11-21(12-16-23)19-7-9-20(10-8-19)22-13-17-24(18-14-22)34-28(32)26(30)6-4-2/h7-10,21-26H,3-6,11-18H2,1-2H3. The van der Waals surface area contributed by atoms with Crippen molar-refractivity contribution >= 4 is 11.9 Å². The van der Waals surface area contributed by atoms with Crippen molar-refractivity contribution < 1.29 is 27.8 Å². The summed E-state index contributed by atoms with van der Waals surface area (Å²) in [6.07, 6.45) is 5.22. The Kier molecular flexibility index (Phi) is 10.3. The minimum atomic E-state index is -1.50. The number of carbonyl (C=O) groups excluding carboxylic acids is 2. The molecule has 2 aliphatic carbocycles. The van der Waals surface area contributed by atoms with Crippen LogP contribution in [-0.2, 0) is 19.1 Å². The van der Waals surface area contributed by atoms with Crippen molar-refractivity contribution in [2.75, 3.05) is 0 Å². The SMILES string of the molecule is CCCC(F)C(=O)OC1CCC(c2ccc(C3CCC(OC(=O)C(F)CCC)CC3)cc2)CC1. The average Bonchev–Trinajstić information content (AvgIpc) is 2.85. The van der Waals surface area contributed by atoms with E-state index in [-0.39, 0.29) is 25.0 Å². The summed E-state index contributed by atoms with van der Waals surface area (Å²) >= 11 is 0. The second kappa shape index (κ2) is 13.2. The van der Waals surface area contributed by atoms with E-state index in [2.05, 4.69) is 24.3 Å². The number of carbonyl (C=O) groups is 2. The highest BCUT2D eigenvalue weighted by Crippen LogP contribution is 2.37. The smallest absolute Gasteiger partial charge is 0.340 e. The highest BCUT2D eigenvalue weighted by Gasteiger charge is 2.29. The van der Waals surface area contributed by atoms with Crippen molar-refractivity contribution in [1.29, 1.82) is 0 Å². The van der Waals surface area contributed by atoms with Crippen molar-refractivity contribution in [3.05, 3.63) is 35.4 Å².